The van der Waals surface area contributed by atoms with Gasteiger partial charge in [-0.15, -0.1) is 24.0 Å². The standard InChI is InChI=1S/C21H34N4O.HI/c1-16-6-4-5-12-25(16)17(2)15-24-21(22-3)23-11-9-18-7-8-20-19(14-18)10-13-26-20;/h7-8,14,16-17H,4-6,9-13,15H2,1-3H3,(H2,22,23,24);1H. The van der Waals surface area contributed by atoms with E-state index < -0.39 is 0 Å². The Balaban J connectivity index is 0.00000261. The van der Waals surface area contributed by atoms with Gasteiger partial charge in [0, 0.05) is 38.6 Å². The molecule has 6 heteroatoms. The van der Waals surface area contributed by atoms with Crippen LogP contribution >= 0.6 is 24.0 Å². The van der Waals surface area contributed by atoms with Crippen molar-refractivity contribution in [3.05, 3.63) is 29.3 Å². The molecule has 2 unspecified atom stereocenters. The summed E-state index contributed by atoms with van der Waals surface area (Å²) in [6, 6.07) is 7.77. The Morgan fingerprint density at radius 3 is 2.96 bits per heavy atom. The molecule has 2 aliphatic rings. The highest BCUT2D eigenvalue weighted by Crippen LogP contribution is 2.25. The lowest BCUT2D eigenvalue weighted by Crippen LogP contribution is -2.50. The summed E-state index contributed by atoms with van der Waals surface area (Å²) in [6.07, 6.45) is 6.05. The predicted molar refractivity (Wildman–Crippen MR) is 124 cm³/mol. The molecule has 2 heterocycles. The molecule has 0 aromatic heterocycles. The fourth-order valence-electron chi connectivity index (χ4n) is 4.08. The first-order valence-corrected chi connectivity index (χ1v) is 10.1. The number of hydrogen-bond acceptors (Lipinski definition) is 3. The minimum atomic E-state index is 0. The number of halogens is 1. The van der Waals surface area contributed by atoms with Crippen LogP contribution in [0.3, 0.4) is 0 Å². The number of benzene rings is 1. The van der Waals surface area contributed by atoms with Gasteiger partial charge in [-0.1, -0.05) is 18.6 Å². The predicted octanol–water partition coefficient (Wildman–Crippen LogP) is 3.21. The van der Waals surface area contributed by atoms with E-state index in [2.05, 4.69) is 52.6 Å². The zero-order valence-electron chi connectivity index (χ0n) is 17.0. The summed E-state index contributed by atoms with van der Waals surface area (Å²) in [6.45, 7) is 8.52. The molecule has 1 saturated heterocycles. The zero-order valence-corrected chi connectivity index (χ0v) is 19.3. The molecule has 2 N–H and O–H groups in total. The van der Waals surface area contributed by atoms with Gasteiger partial charge in [0.2, 0.25) is 0 Å². The van der Waals surface area contributed by atoms with Gasteiger partial charge in [0.25, 0.3) is 0 Å². The third-order valence-electron chi connectivity index (χ3n) is 5.67. The van der Waals surface area contributed by atoms with E-state index in [1.165, 1.54) is 36.9 Å². The maximum absolute atomic E-state index is 5.58. The Kier molecular flexibility index (Phi) is 9.15. The minimum absolute atomic E-state index is 0. The van der Waals surface area contributed by atoms with Gasteiger partial charge in [-0.25, -0.2) is 0 Å². The van der Waals surface area contributed by atoms with Gasteiger partial charge in [-0.05, 0) is 56.8 Å². The molecule has 1 aromatic rings. The minimum Gasteiger partial charge on any atom is -0.493 e. The molecule has 2 atom stereocenters. The summed E-state index contributed by atoms with van der Waals surface area (Å²) in [5.41, 5.74) is 2.70. The molecule has 0 amide bonds. The number of rotatable bonds is 6. The molecule has 0 spiro atoms. The maximum atomic E-state index is 5.58. The van der Waals surface area contributed by atoms with E-state index in [1.54, 1.807) is 0 Å². The quantitative estimate of drug-likeness (QED) is 0.369. The number of aliphatic imine (C=N–C) groups is 1. The van der Waals surface area contributed by atoms with Gasteiger partial charge < -0.3 is 15.4 Å². The molecular formula is C21H35IN4O. The summed E-state index contributed by atoms with van der Waals surface area (Å²) in [5.74, 6) is 1.95. The number of likely N-dealkylation sites (tertiary alicyclic amines) is 1. The average molecular weight is 486 g/mol. The highest BCUT2D eigenvalue weighted by molar-refractivity contribution is 14.0. The second-order valence-corrected chi connectivity index (χ2v) is 7.60. The van der Waals surface area contributed by atoms with Crippen LogP contribution < -0.4 is 15.4 Å². The molecule has 5 nitrogen and oxygen atoms in total. The molecule has 0 saturated carbocycles. The first-order chi connectivity index (χ1) is 12.7. The van der Waals surface area contributed by atoms with Gasteiger partial charge >= 0.3 is 0 Å². The van der Waals surface area contributed by atoms with Gasteiger partial charge in [0.15, 0.2) is 5.96 Å². The summed E-state index contributed by atoms with van der Waals surface area (Å²) in [7, 11) is 1.84. The van der Waals surface area contributed by atoms with Gasteiger partial charge in [-0.2, -0.15) is 0 Å². The first-order valence-electron chi connectivity index (χ1n) is 10.1. The van der Waals surface area contributed by atoms with Crippen LogP contribution in [0.5, 0.6) is 5.75 Å². The van der Waals surface area contributed by atoms with Crippen molar-refractivity contribution in [2.75, 3.05) is 33.3 Å². The van der Waals surface area contributed by atoms with Crippen molar-refractivity contribution in [3.8, 4) is 5.75 Å². The highest BCUT2D eigenvalue weighted by atomic mass is 127. The first kappa shape index (κ1) is 22.3. The molecular weight excluding hydrogens is 451 g/mol. The van der Waals surface area contributed by atoms with Crippen molar-refractivity contribution in [3.63, 3.8) is 0 Å². The number of fused-ring (bicyclic) bond motifs is 1. The molecule has 0 aliphatic carbocycles. The number of nitrogens with zero attached hydrogens (tertiary/aromatic N) is 2. The number of nitrogens with one attached hydrogen (secondary N) is 2. The van der Waals surface area contributed by atoms with Crippen LogP contribution in [-0.4, -0.2) is 56.2 Å². The Labute approximate surface area is 181 Å². The Morgan fingerprint density at radius 1 is 1.33 bits per heavy atom. The van der Waals surface area contributed by atoms with Crippen LogP contribution in [0.15, 0.2) is 23.2 Å². The Morgan fingerprint density at radius 2 is 2.19 bits per heavy atom. The summed E-state index contributed by atoms with van der Waals surface area (Å²) in [5, 5.41) is 6.94. The van der Waals surface area contributed by atoms with Crippen molar-refractivity contribution in [2.24, 2.45) is 4.99 Å². The van der Waals surface area contributed by atoms with E-state index in [1.807, 2.05) is 7.05 Å². The van der Waals surface area contributed by atoms with Crippen molar-refractivity contribution < 1.29 is 4.74 Å². The zero-order chi connectivity index (χ0) is 18.4. The number of piperidine rings is 1. The van der Waals surface area contributed by atoms with Gasteiger partial charge in [0.1, 0.15) is 5.75 Å². The van der Waals surface area contributed by atoms with Gasteiger partial charge in [-0.3, -0.25) is 9.89 Å². The SMILES string of the molecule is CN=C(NCCc1ccc2c(c1)CCO2)NCC(C)N1CCCCC1C.I. The monoisotopic (exact) mass is 486 g/mol. The number of ether oxygens (including phenoxy) is 1. The van der Waals surface area contributed by atoms with E-state index in [-0.39, 0.29) is 24.0 Å². The lowest BCUT2D eigenvalue weighted by Gasteiger charge is -2.38. The van der Waals surface area contributed by atoms with E-state index in [0.29, 0.717) is 12.1 Å². The fraction of sp³-hybridized carbons (Fsp3) is 0.667. The van der Waals surface area contributed by atoms with Crippen molar-refractivity contribution in [2.45, 2.75) is 58.0 Å². The van der Waals surface area contributed by atoms with Crippen molar-refractivity contribution in [1.29, 1.82) is 0 Å². The largest absolute Gasteiger partial charge is 0.493 e. The molecule has 0 radical (unpaired) electrons. The van der Waals surface area contributed by atoms with Crippen LogP contribution in [0.25, 0.3) is 0 Å². The van der Waals surface area contributed by atoms with Crippen LogP contribution in [0.4, 0.5) is 0 Å². The third-order valence-corrected chi connectivity index (χ3v) is 5.67. The van der Waals surface area contributed by atoms with E-state index in [0.717, 1.165) is 44.2 Å². The van der Waals surface area contributed by atoms with E-state index >= 15 is 0 Å². The fourth-order valence-corrected chi connectivity index (χ4v) is 4.08. The molecule has 27 heavy (non-hydrogen) atoms. The number of guanidine groups is 1. The van der Waals surface area contributed by atoms with E-state index in [4.69, 9.17) is 4.74 Å². The normalized spacial score (nSPS) is 21.0. The molecule has 1 aromatic carbocycles. The molecule has 152 valence electrons. The average Bonchev–Trinajstić information content (AvgIpc) is 3.12. The molecule has 1 fully saturated rings. The van der Waals surface area contributed by atoms with Crippen LogP contribution in [-0.2, 0) is 12.8 Å². The van der Waals surface area contributed by atoms with E-state index in [9.17, 15) is 0 Å². The number of hydrogen-bond donors (Lipinski definition) is 2. The molecule has 2 aliphatic heterocycles. The second-order valence-electron chi connectivity index (χ2n) is 7.60. The highest BCUT2D eigenvalue weighted by Gasteiger charge is 2.22. The summed E-state index contributed by atoms with van der Waals surface area (Å²) >= 11 is 0. The van der Waals surface area contributed by atoms with Gasteiger partial charge in [0.05, 0.1) is 6.61 Å². The third kappa shape index (κ3) is 6.24. The summed E-state index contributed by atoms with van der Waals surface area (Å²) in [4.78, 5) is 6.99. The lowest BCUT2D eigenvalue weighted by molar-refractivity contribution is 0.115. The second kappa shape index (κ2) is 11.1. The maximum Gasteiger partial charge on any atom is 0.191 e. The summed E-state index contributed by atoms with van der Waals surface area (Å²) < 4.78 is 5.58. The lowest BCUT2D eigenvalue weighted by atomic mass is 10.0. The Hall–Kier alpha value is -1.02. The smallest absolute Gasteiger partial charge is 0.191 e. The topological polar surface area (TPSA) is 48.9 Å². The van der Waals surface area contributed by atoms with Crippen LogP contribution in [0, 0.1) is 0 Å². The molecule has 3 rings (SSSR count). The van der Waals surface area contributed by atoms with Crippen molar-refractivity contribution >= 4 is 29.9 Å². The van der Waals surface area contributed by atoms with Crippen molar-refractivity contribution in [1.82, 2.24) is 15.5 Å². The van der Waals surface area contributed by atoms with Crippen LogP contribution in [0.2, 0.25) is 0 Å². The van der Waals surface area contributed by atoms with Crippen LogP contribution in [0.1, 0.15) is 44.2 Å². The molecule has 0 bridgehead atoms. The Bertz CT molecular complexity index is 622.